The van der Waals surface area contributed by atoms with Gasteiger partial charge in [-0.05, 0) is 70.7 Å². The summed E-state index contributed by atoms with van der Waals surface area (Å²) >= 11 is 5.18. The third-order valence-corrected chi connectivity index (χ3v) is 5.43. The predicted molar refractivity (Wildman–Crippen MR) is 101 cm³/mol. The van der Waals surface area contributed by atoms with Gasteiger partial charge >= 0.3 is 0 Å². The van der Waals surface area contributed by atoms with Gasteiger partial charge < -0.3 is 4.74 Å². The molecule has 24 heavy (non-hydrogen) atoms. The Morgan fingerprint density at radius 1 is 0.958 bits per heavy atom. The van der Waals surface area contributed by atoms with Crippen LogP contribution in [0.15, 0.2) is 81.5 Å². The maximum absolute atomic E-state index is 5.96. The standard InChI is InChI=1S/C19H17BrN2OS/c20-16-6-1-2-8-18(16)24-19-17(7-3-11-22-19)23-14-4-5-15-9-12-21-13-10-15/h1-3,6-13H,4-5,14H2. The second kappa shape index (κ2) is 8.85. The van der Waals surface area contributed by atoms with E-state index in [-0.39, 0.29) is 0 Å². The monoisotopic (exact) mass is 400 g/mol. The van der Waals surface area contributed by atoms with Crippen molar-refractivity contribution in [3.05, 3.63) is 77.2 Å². The molecule has 3 aromatic rings. The Balaban J connectivity index is 1.59. The summed E-state index contributed by atoms with van der Waals surface area (Å²) in [5.74, 6) is 0.827. The molecule has 0 atom stereocenters. The van der Waals surface area contributed by atoms with Gasteiger partial charge in [-0.1, -0.05) is 23.9 Å². The van der Waals surface area contributed by atoms with Gasteiger partial charge in [0.15, 0.2) is 5.75 Å². The average molecular weight is 401 g/mol. The molecule has 0 amide bonds. The van der Waals surface area contributed by atoms with Gasteiger partial charge in [0, 0.05) is 28.0 Å². The molecule has 0 spiro atoms. The van der Waals surface area contributed by atoms with Crippen LogP contribution < -0.4 is 4.74 Å². The lowest BCUT2D eigenvalue weighted by Gasteiger charge is -2.11. The van der Waals surface area contributed by atoms with Crippen LogP contribution in [0, 0.1) is 0 Å². The van der Waals surface area contributed by atoms with Gasteiger partial charge in [-0.15, -0.1) is 0 Å². The van der Waals surface area contributed by atoms with Crippen molar-refractivity contribution >= 4 is 27.7 Å². The van der Waals surface area contributed by atoms with E-state index in [0.29, 0.717) is 6.61 Å². The molecule has 3 nitrogen and oxygen atoms in total. The molecule has 0 bridgehead atoms. The van der Waals surface area contributed by atoms with Gasteiger partial charge in [0.1, 0.15) is 5.03 Å². The van der Waals surface area contributed by atoms with Crippen LogP contribution in [0.4, 0.5) is 0 Å². The van der Waals surface area contributed by atoms with Gasteiger partial charge in [-0.2, -0.15) is 0 Å². The average Bonchev–Trinajstić information content (AvgIpc) is 2.63. The number of ether oxygens (including phenoxy) is 1. The highest BCUT2D eigenvalue weighted by Gasteiger charge is 2.09. The van der Waals surface area contributed by atoms with Crippen molar-refractivity contribution in [3.63, 3.8) is 0 Å². The van der Waals surface area contributed by atoms with Gasteiger partial charge in [0.25, 0.3) is 0 Å². The molecule has 0 aliphatic heterocycles. The molecule has 122 valence electrons. The summed E-state index contributed by atoms with van der Waals surface area (Å²) < 4.78 is 7.02. The summed E-state index contributed by atoms with van der Waals surface area (Å²) in [6.45, 7) is 0.664. The number of halogens is 1. The number of aromatic nitrogens is 2. The van der Waals surface area contributed by atoms with E-state index in [1.54, 1.807) is 18.0 Å². The molecule has 0 fully saturated rings. The fourth-order valence-electron chi connectivity index (χ4n) is 2.20. The van der Waals surface area contributed by atoms with Crippen molar-refractivity contribution in [1.82, 2.24) is 9.97 Å². The molecule has 5 heteroatoms. The largest absolute Gasteiger partial charge is 0.491 e. The highest BCUT2D eigenvalue weighted by atomic mass is 79.9. The van der Waals surface area contributed by atoms with Crippen LogP contribution in [0.2, 0.25) is 0 Å². The Morgan fingerprint density at radius 2 is 1.79 bits per heavy atom. The van der Waals surface area contributed by atoms with E-state index in [4.69, 9.17) is 4.74 Å². The minimum absolute atomic E-state index is 0.664. The van der Waals surface area contributed by atoms with Crippen LogP contribution in [-0.2, 0) is 6.42 Å². The van der Waals surface area contributed by atoms with Crippen LogP contribution in [-0.4, -0.2) is 16.6 Å². The summed E-state index contributed by atoms with van der Waals surface area (Å²) in [6, 6.07) is 16.1. The van der Waals surface area contributed by atoms with Gasteiger partial charge in [-0.3, -0.25) is 4.98 Å². The normalized spacial score (nSPS) is 10.5. The molecule has 1 aromatic carbocycles. The molecule has 2 aromatic heterocycles. The summed E-state index contributed by atoms with van der Waals surface area (Å²) in [5, 5.41) is 0.883. The first-order valence-corrected chi connectivity index (χ1v) is 9.33. The summed E-state index contributed by atoms with van der Waals surface area (Å²) in [7, 11) is 0. The molecule has 0 saturated carbocycles. The Labute approximate surface area is 154 Å². The number of hydrogen-bond acceptors (Lipinski definition) is 4. The molecule has 0 aliphatic rings. The molecule has 0 unspecified atom stereocenters. The highest BCUT2D eigenvalue weighted by molar-refractivity contribution is 9.10. The van der Waals surface area contributed by atoms with Gasteiger partial charge in [0.2, 0.25) is 0 Å². The summed E-state index contributed by atoms with van der Waals surface area (Å²) in [6.07, 6.45) is 7.38. The lowest BCUT2D eigenvalue weighted by atomic mass is 10.1. The zero-order chi connectivity index (χ0) is 16.6. The first kappa shape index (κ1) is 17.0. The zero-order valence-electron chi connectivity index (χ0n) is 13.1. The van der Waals surface area contributed by atoms with Gasteiger partial charge in [-0.25, -0.2) is 4.98 Å². The van der Waals surface area contributed by atoms with E-state index >= 15 is 0 Å². The number of pyridine rings is 2. The quantitative estimate of drug-likeness (QED) is 0.497. The Morgan fingerprint density at radius 3 is 2.62 bits per heavy atom. The van der Waals surface area contributed by atoms with E-state index in [9.17, 15) is 0 Å². The number of aryl methyl sites for hydroxylation is 1. The van der Waals surface area contributed by atoms with Crippen molar-refractivity contribution in [1.29, 1.82) is 0 Å². The first-order chi connectivity index (χ1) is 11.8. The van der Waals surface area contributed by atoms with Crippen LogP contribution in [0.1, 0.15) is 12.0 Å². The maximum atomic E-state index is 5.96. The Hall–Kier alpha value is -1.85. The smallest absolute Gasteiger partial charge is 0.151 e. The fourth-order valence-corrected chi connectivity index (χ4v) is 3.59. The molecule has 0 N–H and O–H groups in total. The second-order valence-corrected chi connectivity index (χ2v) is 7.03. The maximum Gasteiger partial charge on any atom is 0.151 e. The molecule has 3 rings (SSSR count). The minimum atomic E-state index is 0.664. The third-order valence-electron chi connectivity index (χ3n) is 3.40. The predicted octanol–water partition coefficient (Wildman–Crippen LogP) is 5.40. The van der Waals surface area contributed by atoms with Crippen LogP contribution in [0.25, 0.3) is 0 Å². The number of nitrogens with zero attached hydrogens (tertiary/aromatic N) is 2. The SMILES string of the molecule is Brc1ccccc1Sc1ncccc1OCCCc1ccncc1. The molecular weight excluding hydrogens is 384 g/mol. The van der Waals surface area contributed by atoms with E-state index in [0.717, 1.165) is 33.0 Å². The van der Waals surface area contributed by atoms with E-state index < -0.39 is 0 Å². The molecule has 0 aliphatic carbocycles. The van der Waals surface area contributed by atoms with E-state index in [2.05, 4.69) is 32.0 Å². The number of benzene rings is 1. The Bertz CT molecular complexity index is 783. The first-order valence-electron chi connectivity index (χ1n) is 7.72. The molecule has 2 heterocycles. The van der Waals surface area contributed by atoms with Crippen LogP contribution in [0.5, 0.6) is 5.75 Å². The third kappa shape index (κ3) is 4.82. The van der Waals surface area contributed by atoms with Crippen molar-refractivity contribution in [3.8, 4) is 5.75 Å². The van der Waals surface area contributed by atoms with Gasteiger partial charge in [0.05, 0.1) is 6.61 Å². The van der Waals surface area contributed by atoms with Crippen LogP contribution >= 0.6 is 27.7 Å². The number of hydrogen-bond donors (Lipinski definition) is 0. The minimum Gasteiger partial charge on any atom is -0.491 e. The molecular formula is C19H17BrN2OS. The molecule has 0 saturated heterocycles. The van der Waals surface area contributed by atoms with Crippen molar-refractivity contribution in [2.75, 3.05) is 6.61 Å². The lowest BCUT2D eigenvalue weighted by molar-refractivity contribution is 0.301. The zero-order valence-corrected chi connectivity index (χ0v) is 15.5. The van der Waals surface area contributed by atoms with Crippen molar-refractivity contribution in [2.45, 2.75) is 22.8 Å². The van der Waals surface area contributed by atoms with Crippen molar-refractivity contribution < 1.29 is 4.74 Å². The van der Waals surface area contributed by atoms with E-state index in [1.807, 2.05) is 54.9 Å². The topological polar surface area (TPSA) is 35.0 Å². The van der Waals surface area contributed by atoms with E-state index in [1.165, 1.54) is 5.56 Å². The highest BCUT2D eigenvalue weighted by Crippen LogP contribution is 2.36. The molecule has 0 radical (unpaired) electrons. The lowest BCUT2D eigenvalue weighted by Crippen LogP contribution is -2.01. The Kier molecular flexibility index (Phi) is 6.26. The van der Waals surface area contributed by atoms with Crippen molar-refractivity contribution in [2.24, 2.45) is 0 Å². The summed E-state index contributed by atoms with van der Waals surface area (Å²) in [5.41, 5.74) is 1.28. The second-order valence-electron chi connectivity index (χ2n) is 5.15. The fraction of sp³-hybridized carbons (Fsp3) is 0.158. The number of rotatable bonds is 7. The summed E-state index contributed by atoms with van der Waals surface area (Å²) in [4.78, 5) is 9.62. The van der Waals surface area contributed by atoms with Crippen LogP contribution in [0.3, 0.4) is 0 Å².